The SMILES string of the molecule is C=CCOC1(C)CCN(C(=O)O)CC1. The van der Waals surface area contributed by atoms with Gasteiger partial charge < -0.3 is 14.7 Å². The minimum absolute atomic E-state index is 0.180. The number of rotatable bonds is 3. The molecule has 0 aromatic heterocycles. The van der Waals surface area contributed by atoms with E-state index in [4.69, 9.17) is 9.84 Å². The molecule has 1 aliphatic heterocycles. The van der Waals surface area contributed by atoms with Crippen molar-refractivity contribution in [3.8, 4) is 0 Å². The maximum Gasteiger partial charge on any atom is 0.407 e. The molecule has 1 amide bonds. The summed E-state index contributed by atoms with van der Waals surface area (Å²) in [4.78, 5) is 12.1. The molecule has 1 saturated heterocycles. The van der Waals surface area contributed by atoms with Crippen LogP contribution in [0.4, 0.5) is 4.79 Å². The van der Waals surface area contributed by atoms with Crippen molar-refractivity contribution in [1.29, 1.82) is 0 Å². The predicted octanol–water partition coefficient (Wildman–Crippen LogP) is 1.72. The van der Waals surface area contributed by atoms with E-state index < -0.39 is 6.09 Å². The molecule has 0 radical (unpaired) electrons. The van der Waals surface area contributed by atoms with Gasteiger partial charge in [0.1, 0.15) is 0 Å². The monoisotopic (exact) mass is 199 g/mol. The molecule has 0 saturated carbocycles. The van der Waals surface area contributed by atoms with E-state index in [-0.39, 0.29) is 5.60 Å². The van der Waals surface area contributed by atoms with Crippen molar-refractivity contribution < 1.29 is 14.6 Å². The zero-order chi connectivity index (χ0) is 10.6. The summed E-state index contributed by atoms with van der Waals surface area (Å²) in [6.45, 7) is 7.26. The van der Waals surface area contributed by atoms with Crippen LogP contribution in [0, 0.1) is 0 Å². The van der Waals surface area contributed by atoms with Crippen LogP contribution in [0.5, 0.6) is 0 Å². The molecule has 0 aliphatic carbocycles. The normalized spacial score (nSPS) is 20.5. The summed E-state index contributed by atoms with van der Waals surface area (Å²) in [5, 5.41) is 8.75. The minimum Gasteiger partial charge on any atom is -0.465 e. The summed E-state index contributed by atoms with van der Waals surface area (Å²) in [7, 11) is 0. The van der Waals surface area contributed by atoms with Crippen LogP contribution in [0.3, 0.4) is 0 Å². The van der Waals surface area contributed by atoms with E-state index in [0.29, 0.717) is 19.7 Å². The van der Waals surface area contributed by atoms with Crippen LogP contribution in [-0.2, 0) is 4.74 Å². The Morgan fingerprint density at radius 3 is 2.64 bits per heavy atom. The Balaban J connectivity index is 2.40. The molecule has 4 nitrogen and oxygen atoms in total. The summed E-state index contributed by atoms with van der Waals surface area (Å²) in [5.74, 6) is 0. The fourth-order valence-electron chi connectivity index (χ4n) is 1.58. The van der Waals surface area contributed by atoms with E-state index in [1.807, 2.05) is 6.92 Å². The Labute approximate surface area is 84.2 Å². The summed E-state index contributed by atoms with van der Waals surface area (Å²) in [6, 6.07) is 0. The first kappa shape index (κ1) is 11.0. The summed E-state index contributed by atoms with van der Waals surface area (Å²) in [5.41, 5.74) is -0.180. The number of hydrogen-bond donors (Lipinski definition) is 1. The van der Waals surface area contributed by atoms with E-state index >= 15 is 0 Å². The van der Waals surface area contributed by atoms with Gasteiger partial charge in [0.15, 0.2) is 0 Å². The molecule has 0 atom stereocenters. The number of amides is 1. The summed E-state index contributed by atoms with van der Waals surface area (Å²) >= 11 is 0. The highest BCUT2D eigenvalue weighted by Gasteiger charge is 2.32. The molecule has 14 heavy (non-hydrogen) atoms. The largest absolute Gasteiger partial charge is 0.465 e. The Morgan fingerprint density at radius 2 is 2.21 bits per heavy atom. The number of hydrogen-bond acceptors (Lipinski definition) is 2. The van der Waals surface area contributed by atoms with Crippen LogP contribution < -0.4 is 0 Å². The summed E-state index contributed by atoms with van der Waals surface area (Å²) < 4.78 is 5.61. The van der Waals surface area contributed by atoms with Crippen molar-refractivity contribution in [2.75, 3.05) is 19.7 Å². The molecule has 1 aliphatic rings. The van der Waals surface area contributed by atoms with Crippen molar-refractivity contribution in [2.24, 2.45) is 0 Å². The van der Waals surface area contributed by atoms with Crippen LogP contribution in [0.25, 0.3) is 0 Å². The molecule has 0 spiro atoms. The zero-order valence-corrected chi connectivity index (χ0v) is 8.53. The van der Waals surface area contributed by atoms with Gasteiger partial charge in [0.05, 0.1) is 12.2 Å². The molecule has 1 heterocycles. The van der Waals surface area contributed by atoms with E-state index in [2.05, 4.69) is 6.58 Å². The third-order valence-electron chi connectivity index (χ3n) is 2.64. The highest BCUT2D eigenvalue weighted by atomic mass is 16.5. The zero-order valence-electron chi connectivity index (χ0n) is 8.53. The Bertz CT molecular complexity index is 219. The van der Waals surface area contributed by atoms with E-state index in [1.54, 1.807) is 6.08 Å². The third kappa shape index (κ3) is 2.73. The number of likely N-dealkylation sites (tertiary alicyclic amines) is 1. The highest BCUT2D eigenvalue weighted by Crippen LogP contribution is 2.25. The molecule has 80 valence electrons. The van der Waals surface area contributed by atoms with Crippen LogP contribution in [0.1, 0.15) is 19.8 Å². The maximum atomic E-state index is 10.6. The topological polar surface area (TPSA) is 49.8 Å². The van der Waals surface area contributed by atoms with Gasteiger partial charge in [-0.05, 0) is 19.8 Å². The van der Waals surface area contributed by atoms with Gasteiger partial charge in [-0.3, -0.25) is 0 Å². The molecule has 0 aromatic carbocycles. The minimum atomic E-state index is -0.837. The smallest absolute Gasteiger partial charge is 0.407 e. The second-order valence-electron chi connectivity index (χ2n) is 3.82. The first-order valence-electron chi connectivity index (χ1n) is 4.80. The van der Waals surface area contributed by atoms with Crippen LogP contribution in [-0.4, -0.2) is 41.4 Å². The lowest BCUT2D eigenvalue weighted by Crippen LogP contribution is -2.46. The third-order valence-corrected chi connectivity index (χ3v) is 2.64. The highest BCUT2D eigenvalue weighted by molar-refractivity contribution is 5.65. The average Bonchev–Trinajstić information content (AvgIpc) is 2.16. The number of piperidine rings is 1. The van der Waals surface area contributed by atoms with Crippen molar-refractivity contribution >= 4 is 6.09 Å². The second-order valence-corrected chi connectivity index (χ2v) is 3.82. The number of carbonyl (C=O) groups is 1. The molecular weight excluding hydrogens is 182 g/mol. The van der Waals surface area contributed by atoms with Gasteiger partial charge in [0, 0.05) is 13.1 Å². The molecule has 0 bridgehead atoms. The van der Waals surface area contributed by atoms with Crippen LogP contribution in [0.15, 0.2) is 12.7 Å². The fraction of sp³-hybridized carbons (Fsp3) is 0.700. The lowest BCUT2D eigenvalue weighted by atomic mass is 9.93. The Kier molecular flexibility index (Phi) is 3.52. The Morgan fingerprint density at radius 1 is 1.64 bits per heavy atom. The molecule has 1 rings (SSSR count). The second kappa shape index (κ2) is 4.46. The molecule has 0 aromatic rings. The van der Waals surface area contributed by atoms with E-state index in [1.165, 1.54) is 4.90 Å². The standard InChI is InChI=1S/C10H17NO3/c1-3-8-14-10(2)4-6-11(7-5-10)9(12)13/h3H,1,4-8H2,2H3,(H,12,13). The lowest BCUT2D eigenvalue weighted by Gasteiger charge is -2.37. The van der Waals surface area contributed by atoms with Gasteiger partial charge in [-0.2, -0.15) is 0 Å². The van der Waals surface area contributed by atoms with Crippen molar-refractivity contribution in [1.82, 2.24) is 4.90 Å². The van der Waals surface area contributed by atoms with Crippen LogP contribution in [0.2, 0.25) is 0 Å². The van der Waals surface area contributed by atoms with Gasteiger partial charge in [-0.25, -0.2) is 4.79 Å². The lowest BCUT2D eigenvalue weighted by molar-refractivity contribution is -0.0552. The molecule has 1 fully saturated rings. The quantitative estimate of drug-likeness (QED) is 0.704. The molecule has 0 unspecified atom stereocenters. The van der Waals surface area contributed by atoms with Crippen molar-refractivity contribution in [2.45, 2.75) is 25.4 Å². The molecule has 1 N–H and O–H groups in total. The van der Waals surface area contributed by atoms with E-state index in [9.17, 15) is 4.79 Å². The molecular formula is C10H17NO3. The average molecular weight is 199 g/mol. The fourth-order valence-corrected chi connectivity index (χ4v) is 1.58. The van der Waals surface area contributed by atoms with Gasteiger partial charge in [0.25, 0.3) is 0 Å². The van der Waals surface area contributed by atoms with Crippen molar-refractivity contribution in [3.63, 3.8) is 0 Å². The summed E-state index contributed by atoms with van der Waals surface area (Å²) in [6.07, 6.45) is 2.39. The maximum absolute atomic E-state index is 10.6. The van der Waals surface area contributed by atoms with Gasteiger partial charge in [0.2, 0.25) is 0 Å². The van der Waals surface area contributed by atoms with Gasteiger partial charge in [-0.15, -0.1) is 6.58 Å². The number of nitrogens with zero attached hydrogens (tertiary/aromatic N) is 1. The first-order valence-corrected chi connectivity index (χ1v) is 4.80. The molecule has 4 heteroatoms. The van der Waals surface area contributed by atoms with Crippen molar-refractivity contribution in [3.05, 3.63) is 12.7 Å². The Hall–Kier alpha value is -1.03. The first-order chi connectivity index (χ1) is 6.57. The van der Waals surface area contributed by atoms with Crippen LogP contribution >= 0.6 is 0 Å². The predicted molar refractivity (Wildman–Crippen MR) is 53.4 cm³/mol. The number of carboxylic acid groups (broad SMARTS) is 1. The number of ether oxygens (including phenoxy) is 1. The van der Waals surface area contributed by atoms with Gasteiger partial charge >= 0.3 is 6.09 Å². The van der Waals surface area contributed by atoms with E-state index in [0.717, 1.165) is 12.8 Å². The van der Waals surface area contributed by atoms with Gasteiger partial charge in [-0.1, -0.05) is 6.08 Å².